The molecule has 106 valence electrons. The SMILES string of the molecule is CSCCn1c(=O)[nH]c(Cl)c(-c2ccc(Cl)cc2)c1=O. The summed E-state index contributed by atoms with van der Waals surface area (Å²) in [7, 11) is 0. The number of H-pyrrole nitrogens is 1. The second-order valence-electron chi connectivity index (χ2n) is 4.08. The number of nitrogens with zero attached hydrogens (tertiary/aromatic N) is 1. The van der Waals surface area contributed by atoms with Crippen LogP contribution in [0.15, 0.2) is 33.9 Å². The first-order valence-electron chi connectivity index (χ1n) is 5.82. The van der Waals surface area contributed by atoms with Crippen LogP contribution in [0.3, 0.4) is 0 Å². The number of benzene rings is 1. The summed E-state index contributed by atoms with van der Waals surface area (Å²) in [5.74, 6) is 0.671. The summed E-state index contributed by atoms with van der Waals surface area (Å²) in [6.45, 7) is 0.340. The lowest BCUT2D eigenvalue weighted by atomic mass is 10.1. The largest absolute Gasteiger partial charge is 0.329 e. The molecule has 1 aromatic heterocycles. The highest BCUT2D eigenvalue weighted by Gasteiger charge is 2.14. The fraction of sp³-hybridized carbons (Fsp3) is 0.231. The zero-order valence-corrected chi connectivity index (χ0v) is 13.0. The number of aromatic nitrogens is 2. The van der Waals surface area contributed by atoms with E-state index < -0.39 is 11.2 Å². The highest BCUT2D eigenvalue weighted by molar-refractivity contribution is 7.98. The van der Waals surface area contributed by atoms with Gasteiger partial charge in [0.25, 0.3) is 5.56 Å². The van der Waals surface area contributed by atoms with E-state index >= 15 is 0 Å². The number of thioether (sulfide) groups is 1. The van der Waals surface area contributed by atoms with Gasteiger partial charge in [-0.1, -0.05) is 35.3 Å². The molecule has 0 unspecified atom stereocenters. The topological polar surface area (TPSA) is 54.9 Å². The molecule has 2 aromatic rings. The first kappa shape index (κ1) is 15.2. The molecule has 0 aliphatic rings. The molecule has 0 saturated carbocycles. The van der Waals surface area contributed by atoms with Crippen molar-refractivity contribution < 1.29 is 0 Å². The molecule has 0 saturated heterocycles. The first-order chi connectivity index (χ1) is 9.54. The third-order valence-corrected chi connectivity index (χ3v) is 3.92. The number of aromatic amines is 1. The van der Waals surface area contributed by atoms with Crippen LogP contribution in [0.25, 0.3) is 11.1 Å². The van der Waals surface area contributed by atoms with Crippen molar-refractivity contribution in [1.29, 1.82) is 0 Å². The molecule has 1 heterocycles. The summed E-state index contributed by atoms with van der Waals surface area (Å²) in [6.07, 6.45) is 1.91. The smallest absolute Gasteiger partial charge is 0.297 e. The molecular weight excluding hydrogens is 319 g/mol. The summed E-state index contributed by atoms with van der Waals surface area (Å²) in [4.78, 5) is 26.7. The maximum Gasteiger partial charge on any atom is 0.329 e. The minimum absolute atomic E-state index is 0.0442. The van der Waals surface area contributed by atoms with E-state index in [4.69, 9.17) is 23.2 Å². The van der Waals surface area contributed by atoms with Gasteiger partial charge >= 0.3 is 5.69 Å². The van der Waals surface area contributed by atoms with Gasteiger partial charge in [0, 0.05) is 17.3 Å². The standard InChI is InChI=1S/C13H12Cl2N2O2S/c1-20-7-6-17-12(18)10(11(15)16-13(17)19)8-2-4-9(14)5-3-8/h2-5H,6-7H2,1H3,(H,16,19). The van der Waals surface area contributed by atoms with Crippen LogP contribution in [0.2, 0.25) is 10.2 Å². The number of rotatable bonds is 4. The van der Waals surface area contributed by atoms with E-state index in [0.717, 1.165) is 4.57 Å². The van der Waals surface area contributed by atoms with Crippen LogP contribution in [-0.2, 0) is 6.54 Å². The second-order valence-corrected chi connectivity index (χ2v) is 5.88. The molecule has 0 aliphatic heterocycles. The monoisotopic (exact) mass is 330 g/mol. The lowest BCUT2D eigenvalue weighted by Gasteiger charge is -2.08. The van der Waals surface area contributed by atoms with Crippen molar-refractivity contribution >= 4 is 35.0 Å². The Morgan fingerprint density at radius 2 is 1.85 bits per heavy atom. The zero-order valence-electron chi connectivity index (χ0n) is 10.7. The summed E-state index contributed by atoms with van der Waals surface area (Å²) < 4.78 is 1.16. The van der Waals surface area contributed by atoms with Crippen LogP contribution in [0.4, 0.5) is 0 Å². The Hall–Kier alpha value is -1.17. The molecule has 7 heteroatoms. The average Bonchev–Trinajstić information content (AvgIpc) is 2.40. The Balaban J connectivity index is 2.61. The van der Waals surface area contributed by atoms with Gasteiger partial charge in [0.1, 0.15) is 5.15 Å². The van der Waals surface area contributed by atoms with Gasteiger partial charge < -0.3 is 0 Å². The Bertz CT molecular complexity index is 723. The Labute approximate surface area is 129 Å². The summed E-state index contributed by atoms with van der Waals surface area (Å²) in [5.41, 5.74) is 0.0180. The summed E-state index contributed by atoms with van der Waals surface area (Å²) in [5, 5.41) is 0.611. The van der Waals surface area contributed by atoms with Crippen LogP contribution in [0, 0.1) is 0 Å². The van der Waals surface area contributed by atoms with Crippen LogP contribution in [-0.4, -0.2) is 21.6 Å². The van der Waals surface area contributed by atoms with Gasteiger partial charge in [-0.15, -0.1) is 0 Å². The van der Waals surface area contributed by atoms with Crippen molar-refractivity contribution in [3.63, 3.8) is 0 Å². The lowest BCUT2D eigenvalue weighted by Crippen LogP contribution is -2.36. The van der Waals surface area contributed by atoms with Gasteiger partial charge in [-0.25, -0.2) is 4.79 Å². The van der Waals surface area contributed by atoms with Gasteiger partial charge in [-0.2, -0.15) is 11.8 Å². The average molecular weight is 331 g/mol. The van der Waals surface area contributed by atoms with Gasteiger partial charge in [0.05, 0.1) is 5.56 Å². The van der Waals surface area contributed by atoms with E-state index in [9.17, 15) is 9.59 Å². The molecule has 1 aromatic carbocycles. The van der Waals surface area contributed by atoms with Crippen LogP contribution >= 0.6 is 35.0 Å². The molecule has 0 amide bonds. The van der Waals surface area contributed by atoms with Gasteiger partial charge in [0.2, 0.25) is 0 Å². The van der Waals surface area contributed by atoms with Crippen LogP contribution < -0.4 is 11.2 Å². The molecule has 0 bridgehead atoms. The molecular formula is C13H12Cl2N2O2S. The molecule has 0 radical (unpaired) electrons. The zero-order chi connectivity index (χ0) is 14.7. The van der Waals surface area contributed by atoms with Crippen molar-refractivity contribution in [2.45, 2.75) is 6.54 Å². The molecule has 20 heavy (non-hydrogen) atoms. The summed E-state index contributed by atoms with van der Waals surface area (Å²) >= 11 is 13.4. The normalized spacial score (nSPS) is 10.8. The predicted octanol–water partition coefficient (Wildman–Crippen LogP) is 2.87. The highest BCUT2D eigenvalue weighted by Crippen LogP contribution is 2.23. The van der Waals surface area contributed by atoms with Gasteiger partial charge in [0.15, 0.2) is 0 Å². The molecule has 2 rings (SSSR count). The third-order valence-electron chi connectivity index (χ3n) is 2.79. The van der Waals surface area contributed by atoms with Crippen molar-refractivity contribution in [3.05, 3.63) is 55.3 Å². The van der Waals surface area contributed by atoms with E-state index in [2.05, 4.69) is 4.98 Å². The van der Waals surface area contributed by atoms with Gasteiger partial charge in [-0.3, -0.25) is 14.3 Å². The van der Waals surface area contributed by atoms with E-state index in [1.54, 1.807) is 36.0 Å². The highest BCUT2D eigenvalue weighted by atomic mass is 35.5. The second kappa shape index (κ2) is 6.52. The number of halogens is 2. The van der Waals surface area contributed by atoms with E-state index in [1.807, 2.05) is 6.26 Å². The maximum atomic E-state index is 12.4. The van der Waals surface area contributed by atoms with Gasteiger partial charge in [-0.05, 0) is 24.0 Å². The van der Waals surface area contributed by atoms with Crippen molar-refractivity contribution in [3.8, 4) is 11.1 Å². The fourth-order valence-electron chi connectivity index (χ4n) is 1.80. The van der Waals surface area contributed by atoms with Crippen molar-refractivity contribution in [1.82, 2.24) is 9.55 Å². The molecule has 0 atom stereocenters. The third kappa shape index (κ3) is 3.11. The number of hydrogen-bond donors (Lipinski definition) is 1. The number of hydrogen-bond acceptors (Lipinski definition) is 3. The molecule has 4 nitrogen and oxygen atoms in total. The molecule has 0 aliphatic carbocycles. The minimum Gasteiger partial charge on any atom is -0.297 e. The van der Waals surface area contributed by atoms with E-state index in [0.29, 0.717) is 22.9 Å². The quantitative estimate of drug-likeness (QED) is 0.877. The number of nitrogens with one attached hydrogen (secondary N) is 1. The Morgan fingerprint density at radius 1 is 1.20 bits per heavy atom. The Kier molecular flexibility index (Phi) is 4.96. The Morgan fingerprint density at radius 3 is 2.45 bits per heavy atom. The predicted molar refractivity (Wildman–Crippen MR) is 85.2 cm³/mol. The first-order valence-corrected chi connectivity index (χ1v) is 7.97. The summed E-state index contributed by atoms with van der Waals surface area (Å²) in [6, 6.07) is 6.73. The van der Waals surface area contributed by atoms with Crippen LogP contribution in [0.1, 0.15) is 0 Å². The van der Waals surface area contributed by atoms with Crippen molar-refractivity contribution in [2.75, 3.05) is 12.0 Å². The van der Waals surface area contributed by atoms with Crippen LogP contribution in [0.5, 0.6) is 0 Å². The molecule has 1 N–H and O–H groups in total. The van der Waals surface area contributed by atoms with E-state index in [-0.39, 0.29) is 10.7 Å². The minimum atomic E-state index is -0.494. The van der Waals surface area contributed by atoms with Crippen molar-refractivity contribution in [2.24, 2.45) is 0 Å². The molecule has 0 spiro atoms. The maximum absolute atomic E-state index is 12.4. The van der Waals surface area contributed by atoms with E-state index in [1.165, 1.54) is 0 Å². The lowest BCUT2D eigenvalue weighted by molar-refractivity contribution is 0.682. The fourth-order valence-corrected chi connectivity index (χ4v) is 2.56. The molecule has 0 fully saturated rings.